The van der Waals surface area contributed by atoms with Crippen molar-refractivity contribution in [3.8, 4) is 0 Å². The van der Waals surface area contributed by atoms with E-state index >= 15 is 0 Å². The van der Waals surface area contributed by atoms with Crippen molar-refractivity contribution in [1.82, 2.24) is 15.5 Å². The Bertz CT molecular complexity index is 363. The van der Waals surface area contributed by atoms with Gasteiger partial charge in [0, 0.05) is 6.54 Å². The van der Waals surface area contributed by atoms with Crippen LogP contribution in [0, 0.1) is 11.3 Å². The second kappa shape index (κ2) is 7.64. The van der Waals surface area contributed by atoms with Gasteiger partial charge in [0.2, 0.25) is 0 Å². The van der Waals surface area contributed by atoms with E-state index in [4.69, 9.17) is 5.11 Å². The summed E-state index contributed by atoms with van der Waals surface area (Å²) in [5, 5.41) is 14.5. The molecule has 6 nitrogen and oxygen atoms in total. The van der Waals surface area contributed by atoms with Gasteiger partial charge in [0.15, 0.2) is 0 Å². The van der Waals surface area contributed by atoms with Crippen LogP contribution in [-0.2, 0) is 4.79 Å². The number of nitrogens with zero attached hydrogens (tertiary/aromatic N) is 1. The number of aliphatic carboxylic acids is 1. The van der Waals surface area contributed by atoms with Crippen LogP contribution >= 0.6 is 0 Å². The zero-order valence-corrected chi connectivity index (χ0v) is 13.6. The predicted octanol–water partition coefficient (Wildman–Crippen LogP) is 1.52. The third kappa shape index (κ3) is 6.33. The standard InChI is InChI=1S/C15H29N3O3/c1-11(2)9-12(13(19)20)17-14(21)16-10-15(3)5-7-18(4)8-6-15/h11-12H,5-10H2,1-4H3,(H,19,20)(H2,16,17,21)/t12-/m1/s1. The largest absolute Gasteiger partial charge is 0.480 e. The van der Waals surface area contributed by atoms with Crippen LogP contribution in [0.25, 0.3) is 0 Å². The van der Waals surface area contributed by atoms with E-state index in [0.29, 0.717) is 13.0 Å². The Labute approximate surface area is 127 Å². The molecule has 0 saturated carbocycles. The minimum absolute atomic E-state index is 0.0978. The maximum Gasteiger partial charge on any atom is 0.326 e. The summed E-state index contributed by atoms with van der Waals surface area (Å²) in [6.45, 7) is 8.70. The van der Waals surface area contributed by atoms with Crippen LogP contribution in [-0.4, -0.2) is 54.7 Å². The number of rotatable bonds is 6. The summed E-state index contributed by atoms with van der Waals surface area (Å²) >= 11 is 0. The van der Waals surface area contributed by atoms with Crippen molar-refractivity contribution in [2.24, 2.45) is 11.3 Å². The number of carboxylic acids is 1. The van der Waals surface area contributed by atoms with Gasteiger partial charge in [0.05, 0.1) is 0 Å². The minimum Gasteiger partial charge on any atom is -0.480 e. The molecule has 1 fully saturated rings. The van der Waals surface area contributed by atoms with Crippen LogP contribution in [0.1, 0.15) is 40.0 Å². The summed E-state index contributed by atoms with van der Waals surface area (Å²) in [6.07, 6.45) is 2.51. The second-order valence-electron chi connectivity index (χ2n) is 6.96. The molecule has 1 saturated heterocycles. The number of hydrogen-bond donors (Lipinski definition) is 3. The fourth-order valence-electron chi connectivity index (χ4n) is 2.53. The minimum atomic E-state index is -0.982. The molecule has 21 heavy (non-hydrogen) atoms. The number of carbonyl (C=O) groups excluding carboxylic acids is 1. The quantitative estimate of drug-likeness (QED) is 0.694. The van der Waals surface area contributed by atoms with Crippen molar-refractivity contribution in [1.29, 1.82) is 0 Å². The lowest BCUT2D eigenvalue weighted by molar-refractivity contribution is -0.139. The molecule has 0 bridgehead atoms. The molecule has 0 unspecified atom stereocenters. The van der Waals surface area contributed by atoms with Crippen LogP contribution in [0.2, 0.25) is 0 Å². The van der Waals surface area contributed by atoms with E-state index in [-0.39, 0.29) is 17.4 Å². The van der Waals surface area contributed by atoms with Crippen LogP contribution in [0.3, 0.4) is 0 Å². The number of nitrogens with one attached hydrogen (secondary N) is 2. The van der Waals surface area contributed by atoms with Crippen molar-refractivity contribution in [3.63, 3.8) is 0 Å². The predicted molar refractivity (Wildman–Crippen MR) is 82.3 cm³/mol. The monoisotopic (exact) mass is 299 g/mol. The number of carbonyl (C=O) groups is 2. The third-order valence-electron chi connectivity index (χ3n) is 4.18. The van der Waals surface area contributed by atoms with Gasteiger partial charge in [0.1, 0.15) is 6.04 Å². The molecule has 0 aromatic rings. The van der Waals surface area contributed by atoms with Gasteiger partial charge >= 0.3 is 12.0 Å². The van der Waals surface area contributed by atoms with Crippen molar-refractivity contribution in [2.75, 3.05) is 26.7 Å². The Morgan fingerprint density at radius 2 is 1.86 bits per heavy atom. The zero-order chi connectivity index (χ0) is 16.0. The lowest BCUT2D eigenvalue weighted by Crippen LogP contribution is -2.50. The Morgan fingerprint density at radius 3 is 2.33 bits per heavy atom. The van der Waals surface area contributed by atoms with Gasteiger partial charge < -0.3 is 20.6 Å². The third-order valence-corrected chi connectivity index (χ3v) is 4.18. The molecule has 1 rings (SSSR count). The van der Waals surface area contributed by atoms with Gasteiger partial charge in [-0.15, -0.1) is 0 Å². The van der Waals surface area contributed by atoms with E-state index in [0.717, 1.165) is 25.9 Å². The fraction of sp³-hybridized carbons (Fsp3) is 0.867. The Morgan fingerprint density at radius 1 is 1.29 bits per heavy atom. The number of amides is 2. The summed E-state index contributed by atoms with van der Waals surface area (Å²) in [4.78, 5) is 25.3. The van der Waals surface area contributed by atoms with E-state index < -0.39 is 12.0 Å². The molecule has 6 heteroatoms. The zero-order valence-electron chi connectivity index (χ0n) is 13.6. The van der Waals surface area contributed by atoms with Gasteiger partial charge in [-0.3, -0.25) is 0 Å². The van der Waals surface area contributed by atoms with Crippen LogP contribution in [0.5, 0.6) is 0 Å². The average Bonchev–Trinajstić information content (AvgIpc) is 2.39. The summed E-state index contributed by atoms with van der Waals surface area (Å²) in [7, 11) is 2.10. The van der Waals surface area contributed by atoms with Crippen molar-refractivity contribution in [2.45, 2.75) is 46.1 Å². The molecule has 3 N–H and O–H groups in total. The second-order valence-corrected chi connectivity index (χ2v) is 6.96. The molecule has 0 aromatic carbocycles. The molecule has 1 atom stereocenters. The Kier molecular flexibility index (Phi) is 6.45. The molecule has 1 heterocycles. The van der Waals surface area contributed by atoms with Crippen molar-refractivity contribution < 1.29 is 14.7 Å². The van der Waals surface area contributed by atoms with E-state index in [1.807, 2.05) is 13.8 Å². The number of hydrogen-bond acceptors (Lipinski definition) is 3. The Balaban J connectivity index is 2.40. The lowest BCUT2D eigenvalue weighted by atomic mass is 9.80. The molecule has 1 aliphatic rings. The maximum atomic E-state index is 11.9. The first-order chi connectivity index (χ1) is 9.72. The first kappa shape index (κ1) is 17.8. The number of carboxylic acid groups (broad SMARTS) is 1. The van der Waals surface area contributed by atoms with Gasteiger partial charge in [-0.2, -0.15) is 0 Å². The number of likely N-dealkylation sites (tertiary alicyclic amines) is 1. The van der Waals surface area contributed by atoms with Crippen LogP contribution < -0.4 is 10.6 Å². The number of piperidine rings is 1. The molecule has 0 radical (unpaired) electrons. The molecular weight excluding hydrogens is 270 g/mol. The van der Waals surface area contributed by atoms with Crippen LogP contribution in [0.4, 0.5) is 4.79 Å². The van der Waals surface area contributed by atoms with Gasteiger partial charge in [0.25, 0.3) is 0 Å². The molecule has 0 aromatic heterocycles. The van der Waals surface area contributed by atoms with Crippen molar-refractivity contribution >= 4 is 12.0 Å². The highest BCUT2D eigenvalue weighted by Gasteiger charge is 2.29. The normalized spacial score (nSPS) is 20.0. The molecule has 0 aliphatic carbocycles. The molecule has 0 spiro atoms. The highest BCUT2D eigenvalue weighted by Crippen LogP contribution is 2.29. The topological polar surface area (TPSA) is 81.7 Å². The molecule has 122 valence electrons. The molecular formula is C15H29N3O3. The summed E-state index contributed by atoms with van der Waals surface area (Å²) in [5.41, 5.74) is 0.0978. The SMILES string of the molecule is CC(C)C[C@@H](NC(=O)NCC1(C)CCN(C)CC1)C(=O)O. The van der Waals surface area contributed by atoms with Gasteiger partial charge in [-0.05, 0) is 50.7 Å². The first-order valence-electron chi connectivity index (χ1n) is 7.67. The first-order valence-corrected chi connectivity index (χ1v) is 7.67. The summed E-state index contributed by atoms with van der Waals surface area (Å²) in [5.74, 6) is -0.762. The van der Waals surface area contributed by atoms with E-state index in [9.17, 15) is 9.59 Å². The maximum absolute atomic E-state index is 11.9. The Hall–Kier alpha value is -1.30. The van der Waals surface area contributed by atoms with Gasteiger partial charge in [-0.1, -0.05) is 20.8 Å². The fourth-order valence-corrected chi connectivity index (χ4v) is 2.53. The molecule has 1 aliphatic heterocycles. The van der Waals surface area contributed by atoms with Crippen LogP contribution in [0.15, 0.2) is 0 Å². The number of urea groups is 1. The van der Waals surface area contributed by atoms with E-state index in [2.05, 4.69) is 29.5 Å². The van der Waals surface area contributed by atoms with E-state index in [1.54, 1.807) is 0 Å². The smallest absolute Gasteiger partial charge is 0.326 e. The molecule has 2 amide bonds. The lowest BCUT2D eigenvalue weighted by Gasteiger charge is -2.38. The van der Waals surface area contributed by atoms with Crippen molar-refractivity contribution in [3.05, 3.63) is 0 Å². The summed E-state index contributed by atoms with van der Waals surface area (Å²) < 4.78 is 0. The highest BCUT2D eigenvalue weighted by molar-refractivity contribution is 5.82. The average molecular weight is 299 g/mol. The van der Waals surface area contributed by atoms with Gasteiger partial charge in [-0.25, -0.2) is 9.59 Å². The summed E-state index contributed by atoms with van der Waals surface area (Å²) in [6, 6.07) is -1.21. The van der Waals surface area contributed by atoms with E-state index in [1.165, 1.54) is 0 Å². The highest BCUT2D eigenvalue weighted by atomic mass is 16.4.